The molecule has 16 heavy (non-hydrogen) atoms. The van der Waals surface area contributed by atoms with E-state index in [-0.39, 0.29) is 18.0 Å². The van der Waals surface area contributed by atoms with Gasteiger partial charge in [0.05, 0.1) is 12.5 Å². The SMILES string of the molecule is CC(C)OC(=O)C[C@H]1C=CNC2=C1CCC2. The summed E-state index contributed by atoms with van der Waals surface area (Å²) in [5.41, 5.74) is 2.73. The van der Waals surface area contributed by atoms with E-state index in [4.69, 9.17) is 4.74 Å². The third-order valence-electron chi connectivity index (χ3n) is 3.05. The van der Waals surface area contributed by atoms with Crippen LogP contribution in [0.4, 0.5) is 0 Å². The van der Waals surface area contributed by atoms with Crippen LogP contribution in [0.15, 0.2) is 23.5 Å². The second kappa shape index (κ2) is 4.73. The number of hydrogen-bond donors (Lipinski definition) is 1. The summed E-state index contributed by atoms with van der Waals surface area (Å²) in [6.07, 6.45) is 7.94. The molecule has 1 heterocycles. The molecular formula is C13H19NO2. The summed E-state index contributed by atoms with van der Waals surface area (Å²) in [5, 5.41) is 3.27. The van der Waals surface area contributed by atoms with Gasteiger partial charge in [-0.1, -0.05) is 6.08 Å². The molecule has 1 N–H and O–H groups in total. The maximum atomic E-state index is 11.6. The zero-order valence-corrected chi connectivity index (χ0v) is 9.95. The zero-order chi connectivity index (χ0) is 11.5. The van der Waals surface area contributed by atoms with Crippen molar-refractivity contribution in [3.63, 3.8) is 0 Å². The molecule has 0 unspecified atom stereocenters. The Hall–Kier alpha value is -1.25. The van der Waals surface area contributed by atoms with Crippen LogP contribution in [0.2, 0.25) is 0 Å². The first-order valence-electron chi connectivity index (χ1n) is 6.01. The van der Waals surface area contributed by atoms with Crippen LogP contribution in [0, 0.1) is 5.92 Å². The Morgan fingerprint density at radius 1 is 1.56 bits per heavy atom. The van der Waals surface area contributed by atoms with Crippen LogP contribution in [0.3, 0.4) is 0 Å². The summed E-state index contributed by atoms with van der Waals surface area (Å²) in [6, 6.07) is 0. The van der Waals surface area contributed by atoms with Gasteiger partial charge < -0.3 is 10.1 Å². The molecule has 88 valence electrons. The zero-order valence-electron chi connectivity index (χ0n) is 9.95. The fraction of sp³-hybridized carbons (Fsp3) is 0.615. The number of ether oxygens (including phenoxy) is 1. The number of rotatable bonds is 3. The normalized spacial score (nSPS) is 23.3. The lowest BCUT2D eigenvalue weighted by atomic mass is 9.92. The minimum atomic E-state index is -0.0923. The van der Waals surface area contributed by atoms with E-state index in [0.29, 0.717) is 6.42 Å². The number of dihydropyridines is 1. The molecule has 0 aromatic heterocycles. The van der Waals surface area contributed by atoms with Gasteiger partial charge in [-0.2, -0.15) is 0 Å². The average molecular weight is 221 g/mol. The first-order chi connectivity index (χ1) is 7.66. The standard InChI is InChI=1S/C13H19NO2/c1-9(2)16-13(15)8-10-6-7-14-12-5-3-4-11(10)12/h6-7,9-10,14H,3-5,8H2,1-2H3/t10-/m1/s1. The Kier molecular flexibility index (Phi) is 3.32. The highest BCUT2D eigenvalue weighted by Crippen LogP contribution is 2.34. The molecule has 2 rings (SSSR count). The molecule has 3 nitrogen and oxygen atoms in total. The van der Waals surface area contributed by atoms with Crippen molar-refractivity contribution in [3.05, 3.63) is 23.5 Å². The Morgan fingerprint density at radius 3 is 3.12 bits per heavy atom. The van der Waals surface area contributed by atoms with Crippen LogP contribution in [0.5, 0.6) is 0 Å². The van der Waals surface area contributed by atoms with Crippen LogP contribution in [0.1, 0.15) is 39.5 Å². The highest BCUT2D eigenvalue weighted by molar-refractivity contribution is 5.71. The molecule has 1 aliphatic heterocycles. The van der Waals surface area contributed by atoms with Gasteiger partial charge in [0, 0.05) is 11.6 Å². The summed E-state index contributed by atoms with van der Waals surface area (Å²) in [7, 11) is 0. The molecule has 0 spiro atoms. The predicted octanol–water partition coefficient (Wildman–Crippen LogP) is 2.50. The van der Waals surface area contributed by atoms with E-state index in [9.17, 15) is 4.79 Å². The van der Waals surface area contributed by atoms with Crippen LogP contribution < -0.4 is 5.32 Å². The van der Waals surface area contributed by atoms with Gasteiger partial charge in [-0.25, -0.2) is 0 Å². The first kappa shape index (κ1) is 11.2. The van der Waals surface area contributed by atoms with E-state index in [1.807, 2.05) is 20.0 Å². The third kappa shape index (κ3) is 2.46. The topological polar surface area (TPSA) is 38.3 Å². The molecule has 0 amide bonds. The van der Waals surface area contributed by atoms with E-state index >= 15 is 0 Å². The van der Waals surface area contributed by atoms with E-state index < -0.39 is 0 Å². The molecule has 3 heteroatoms. The lowest BCUT2D eigenvalue weighted by molar-refractivity contribution is -0.147. The second-order valence-corrected chi connectivity index (χ2v) is 4.71. The largest absolute Gasteiger partial charge is 0.463 e. The molecule has 1 aliphatic carbocycles. The van der Waals surface area contributed by atoms with Gasteiger partial charge in [0.2, 0.25) is 0 Å². The first-order valence-corrected chi connectivity index (χ1v) is 6.01. The number of nitrogens with one attached hydrogen (secondary N) is 1. The molecule has 0 radical (unpaired) electrons. The van der Waals surface area contributed by atoms with Crippen LogP contribution in [-0.2, 0) is 9.53 Å². The van der Waals surface area contributed by atoms with Crippen molar-refractivity contribution in [1.29, 1.82) is 0 Å². The van der Waals surface area contributed by atoms with E-state index in [1.165, 1.54) is 17.7 Å². The van der Waals surface area contributed by atoms with Gasteiger partial charge in [0.25, 0.3) is 0 Å². The Bertz CT molecular complexity index is 342. The number of hydrogen-bond acceptors (Lipinski definition) is 3. The lowest BCUT2D eigenvalue weighted by Crippen LogP contribution is -2.20. The van der Waals surface area contributed by atoms with Crippen molar-refractivity contribution in [2.45, 2.75) is 45.6 Å². The van der Waals surface area contributed by atoms with Crippen LogP contribution in [-0.4, -0.2) is 12.1 Å². The Labute approximate surface area is 96.6 Å². The molecule has 0 fully saturated rings. The van der Waals surface area contributed by atoms with Crippen molar-refractivity contribution in [3.8, 4) is 0 Å². The van der Waals surface area contributed by atoms with E-state index in [1.54, 1.807) is 0 Å². The number of esters is 1. The van der Waals surface area contributed by atoms with Gasteiger partial charge in [-0.05, 0) is 44.9 Å². The average Bonchev–Trinajstić information content (AvgIpc) is 2.65. The van der Waals surface area contributed by atoms with Gasteiger partial charge in [0.1, 0.15) is 0 Å². The maximum absolute atomic E-state index is 11.6. The number of carbonyl (C=O) groups excluding carboxylic acids is 1. The van der Waals surface area contributed by atoms with Gasteiger partial charge >= 0.3 is 5.97 Å². The predicted molar refractivity (Wildman–Crippen MR) is 62.5 cm³/mol. The van der Waals surface area contributed by atoms with Crippen molar-refractivity contribution in [2.75, 3.05) is 0 Å². The van der Waals surface area contributed by atoms with Crippen molar-refractivity contribution in [2.24, 2.45) is 5.92 Å². The molecule has 1 atom stereocenters. The monoisotopic (exact) mass is 221 g/mol. The minimum absolute atomic E-state index is 0.0183. The number of allylic oxidation sites excluding steroid dienone is 3. The van der Waals surface area contributed by atoms with Crippen molar-refractivity contribution >= 4 is 5.97 Å². The lowest BCUT2D eigenvalue weighted by Gasteiger charge is -2.20. The van der Waals surface area contributed by atoms with Crippen molar-refractivity contribution in [1.82, 2.24) is 5.32 Å². The van der Waals surface area contributed by atoms with E-state index in [0.717, 1.165) is 12.8 Å². The minimum Gasteiger partial charge on any atom is -0.463 e. The summed E-state index contributed by atoms with van der Waals surface area (Å²) in [5.74, 6) is 0.162. The third-order valence-corrected chi connectivity index (χ3v) is 3.05. The van der Waals surface area contributed by atoms with Crippen molar-refractivity contribution < 1.29 is 9.53 Å². The summed E-state index contributed by atoms with van der Waals surface area (Å²) < 4.78 is 5.19. The highest BCUT2D eigenvalue weighted by Gasteiger charge is 2.25. The fourth-order valence-corrected chi connectivity index (χ4v) is 2.40. The number of carbonyl (C=O) groups is 1. The molecular weight excluding hydrogens is 202 g/mol. The Morgan fingerprint density at radius 2 is 2.38 bits per heavy atom. The quantitative estimate of drug-likeness (QED) is 0.744. The Balaban J connectivity index is 1.96. The fourth-order valence-electron chi connectivity index (χ4n) is 2.40. The molecule has 2 aliphatic rings. The molecule has 0 aromatic carbocycles. The molecule has 0 bridgehead atoms. The van der Waals surface area contributed by atoms with E-state index in [2.05, 4.69) is 11.4 Å². The smallest absolute Gasteiger partial charge is 0.306 e. The van der Waals surface area contributed by atoms with Crippen LogP contribution >= 0.6 is 0 Å². The molecule has 0 saturated carbocycles. The van der Waals surface area contributed by atoms with Gasteiger partial charge in [0.15, 0.2) is 0 Å². The van der Waals surface area contributed by atoms with Gasteiger partial charge in [-0.3, -0.25) is 4.79 Å². The summed E-state index contributed by atoms with van der Waals surface area (Å²) in [6.45, 7) is 3.77. The maximum Gasteiger partial charge on any atom is 0.306 e. The van der Waals surface area contributed by atoms with Crippen LogP contribution in [0.25, 0.3) is 0 Å². The second-order valence-electron chi connectivity index (χ2n) is 4.71. The highest BCUT2D eigenvalue weighted by atomic mass is 16.5. The summed E-state index contributed by atoms with van der Waals surface area (Å²) >= 11 is 0. The summed E-state index contributed by atoms with van der Waals surface area (Å²) in [4.78, 5) is 11.6. The van der Waals surface area contributed by atoms with Gasteiger partial charge in [-0.15, -0.1) is 0 Å². The molecule has 0 aromatic rings. The molecule has 0 saturated heterocycles.